The lowest BCUT2D eigenvalue weighted by Crippen LogP contribution is -2.24. The minimum absolute atomic E-state index is 0.0115. The van der Waals surface area contributed by atoms with Gasteiger partial charge in [-0.1, -0.05) is 11.1 Å². The normalized spacial score (nSPS) is 11.3. The predicted molar refractivity (Wildman–Crippen MR) is 121 cm³/mol. The van der Waals surface area contributed by atoms with Gasteiger partial charge >= 0.3 is 6.18 Å². The van der Waals surface area contributed by atoms with E-state index >= 15 is 0 Å². The topological polar surface area (TPSA) is 119 Å². The van der Waals surface area contributed by atoms with Crippen LogP contribution < -0.4 is 5.32 Å². The van der Waals surface area contributed by atoms with Crippen molar-refractivity contribution >= 4 is 39.8 Å². The Balaban J connectivity index is 1.48. The second kappa shape index (κ2) is 9.77. The van der Waals surface area contributed by atoms with Crippen molar-refractivity contribution in [1.29, 1.82) is 0 Å². The van der Waals surface area contributed by atoms with Gasteiger partial charge in [-0.05, 0) is 24.1 Å². The number of rotatable bonds is 5. The van der Waals surface area contributed by atoms with Crippen molar-refractivity contribution in [3.63, 3.8) is 0 Å². The smallest absolute Gasteiger partial charge is 0.395 e. The average Bonchev–Trinajstić information content (AvgIpc) is 3.41. The molecule has 34 heavy (non-hydrogen) atoms. The predicted octanol–water partition coefficient (Wildman–Crippen LogP) is 3.36. The van der Waals surface area contributed by atoms with Crippen molar-refractivity contribution in [2.24, 2.45) is 0 Å². The SMILES string of the molecule is O=C(NCc1cc(-c2nc3ccc(C(F)(F)F)cc3n2I)on1)c1cc(C#CCCO)ncn1. The van der Waals surface area contributed by atoms with Crippen LogP contribution in [0.1, 0.15) is 33.9 Å². The highest BCUT2D eigenvalue weighted by atomic mass is 127. The molecule has 4 aromatic rings. The van der Waals surface area contributed by atoms with Crippen LogP contribution in [0.15, 0.2) is 41.2 Å². The molecular weight excluding hydrogens is 568 g/mol. The van der Waals surface area contributed by atoms with Crippen LogP contribution in [0.25, 0.3) is 22.6 Å². The first-order valence-corrected chi connectivity index (χ1v) is 10.6. The van der Waals surface area contributed by atoms with E-state index in [0.717, 1.165) is 12.1 Å². The van der Waals surface area contributed by atoms with Crippen molar-refractivity contribution in [3.05, 3.63) is 59.3 Å². The number of hydrogen-bond acceptors (Lipinski definition) is 7. The minimum atomic E-state index is -4.47. The van der Waals surface area contributed by atoms with Crippen LogP contribution in [-0.4, -0.2) is 40.5 Å². The van der Waals surface area contributed by atoms with Gasteiger partial charge in [-0.15, -0.1) is 0 Å². The maximum Gasteiger partial charge on any atom is 0.416 e. The number of alkyl halides is 3. The van der Waals surface area contributed by atoms with E-state index in [0.29, 0.717) is 16.9 Å². The zero-order valence-corrected chi connectivity index (χ0v) is 19.3. The summed E-state index contributed by atoms with van der Waals surface area (Å²) in [6, 6.07) is 6.22. The van der Waals surface area contributed by atoms with Crippen molar-refractivity contribution in [2.75, 3.05) is 6.61 Å². The van der Waals surface area contributed by atoms with Crippen LogP contribution in [0.4, 0.5) is 13.2 Å². The number of carbonyl (C=O) groups is 1. The van der Waals surface area contributed by atoms with Gasteiger partial charge in [0.25, 0.3) is 5.91 Å². The molecule has 3 aromatic heterocycles. The molecule has 3 heterocycles. The molecule has 0 saturated carbocycles. The van der Waals surface area contributed by atoms with Crippen LogP contribution >= 0.6 is 22.9 Å². The Bertz CT molecular complexity index is 1420. The molecule has 174 valence electrons. The van der Waals surface area contributed by atoms with Crippen molar-refractivity contribution in [2.45, 2.75) is 19.1 Å². The van der Waals surface area contributed by atoms with Gasteiger partial charge < -0.3 is 14.9 Å². The molecule has 0 unspecified atom stereocenters. The summed E-state index contributed by atoms with van der Waals surface area (Å²) < 4.78 is 45.8. The molecule has 0 atom stereocenters. The zero-order chi connectivity index (χ0) is 24.3. The molecule has 2 N–H and O–H groups in total. The Hall–Kier alpha value is -3.51. The molecule has 0 aliphatic heterocycles. The Morgan fingerprint density at radius 2 is 2.06 bits per heavy atom. The lowest BCUT2D eigenvalue weighted by atomic mass is 10.2. The van der Waals surface area contributed by atoms with E-state index in [1.807, 2.05) is 22.9 Å². The van der Waals surface area contributed by atoms with Gasteiger partial charge in [0, 0.05) is 18.6 Å². The summed E-state index contributed by atoms with van der Waals surface area (Å²) in [5.74, 6) is 5.45. The molecule has 0 aliphatic rings. The van der Waals surface area contributed by atoms with E-state index in [-0.39, 0.29) is 42.4 Å². The Morgan fingerprint density at radius 3 is 2.82 bits per heavy atom. The highest BCUT2D eigenvalue weighted by Crippen LogP contribution is 2.34. The van der Waals surface area contributed by atoms with Crippen LogP contribution in [0.2, 0.25) is 0 Å². The third kappa shape index (κ3) is 5.18. The van der Waals surface area contributed by atoms with E-state index in [1.54, 1.807) is 0 Å². The van der Waals surface area contributed by atoms with Gasteiger partial charge in [-0.25, -0.2) is 15.0 Å². The Labute approximate surface area is 203 Å². The number of carbonyl (C=O) groups excluding carboxylic acids is 1. The third-order valence-electron chi connectivity index (χ3n) is 4.49. The summed E-state index contributed by atoms with van der Waals surface area (Å²) in [6.45, 7) is -0.0644. The van der Waals surface area contributed by atoms with E-state index in [1.165, 1.54) is 27.3 Å². The lowest BCUT2D eigenvalue weighted by molar-refractivity contribution is -0.137. The van der Waals surface area contributed by atoms with Gasteiger partial charge in [-0.2, -0.15) is 13.2 Å². The maximum absolute atomic E-state index is 13.0. The second-order valence-corrected chi connectivity index (χ2v) is 7.81. The molecule has 4 rings (SSSR count). The zero-order valence-electron chi connectivity index (χ0n) is 17.1. The number of halogens is 4. The van der Waals surface area contributed by atoms with Crippen molar-refractivity contribution in [1.82, 2.24) is 28.2 Å². The number of aliphatic hydroxyl groups is 1. The van der Waals surface area contributed by atoms with Crippen molar-refractivity contribution in [3.8, 4) is 23.4 Å². The quantitative estimate of drug-likeness (QED) is 0.274. The van der Waals surface area contributed by atoms with Crippen LogP contribution in [0.3, 0.4) is 0 Å². The molecular formula is C21H14F3IN6O3. The Morgan fingerprint density at radius 1 is 1.24 bits per heavy atom. The molecule has 9 nitrogen and oxygen atoms in total. The third-order valence-corrected chi connectivity index (χ3v) is 5.47. The second-order valence-electron chi connectivity index (χ2n) is 6.85. The van der Waals surface area contributed by atoms with E-state index in [4.69, 9.17) is 9.63 Å². The van der Waals surface area contributed by atoms with E-state index < -0.39 is 17.6 Å². The number of amides is 1. The summed E-state index contributed by atoms with van der Waals surface area (Å²) >= 11 is 1.84. The first-order valence-electron chi connectivity index (χ1n) is 9.68. The van der Waals surface area contributed by atoms with Gasteiger partial charge in [0.05, 0.1) is 52.6 Å². The van der Waals surface area contributed by atoms with Crippen LogP contribution in [0, 0.1) is 11.8 Å². The minimum Gasteiger partial charge on any atom is -0.395 e. The molecule has 0 bridgehead atoms. The number of imidazole rings is 1. The molecule has 0 aliphatic carbocycles. The summed E-state index contributed by atoms with van der Waals surface area (Å²) in [6.07, 6.45) is -2.97. The molecule has 0 spiro atoms. The van der Waals surface area contributed by atoms with E-state index in [9.17, 15) is 18.0 Å². The molecule has 0 saturated heterocycles. The number of aliphatic hydroxyl groups excluding tert-OH is 1. The van der Waals surface area contributed by atoms with Crippen LogP contribution in [-0.2, 0) is 12.7 Å². The average molecular weight is 582 g/mol. The monoisotopic (exact) mass is 582 g/mol. The highest BCUT2D eigenvalue weighted by Gasteiger charge is 2.31. The number of aromatic nitrogens is 5. The number of fused-ring (bicyclic) bond motifs is 1. The fourth-order valence-electron chi connectivity index (χ4n) is 2.90. The summed E-state index contributed by atoms with van der Waals surface area (Å²) in [5, 5.41) is 15.3. The lowest BCUT2D eigenvalue weighted by Gasteiger charge is -2.05. The standard InChI is InChI=1S/C21H14F3IN6O3/c22-21(23,24)12-4-5-15-17(7-12)31(25)19(29-15)18-9-14(30-34-18)10-26-20(33)16-8-13(27-11-28-16)3-1-2-6-32/h4-5,7-9,11,32H,2,6,10H2,(H,26,33). The Kier molecular flexibility index (Phi) is 6.80. The van der Waals surface area contributed by atoms with Gasteiger partial charge in [0.2, 0.25) is 5.76 Å². The number of nitrogens with zero attached hydrogens (tertiary/aromatic N) is 5. The summed E-state index contributed by atoms with van der Waals surface area (Å²) in [7, 11) is 0. The number of hydrogen-bond donors (Lipinski definition) is 2. The van der Waals surface area contributed by atoms with E-state index in [2.05, 4.69) is 37.3 Å². The molecule has 1 aromatic carbocycles. The molecule has 13 heteroatoms. The first kappa shape index (κ1) is 23.6. The highest BCUT2D eigenvalue weighted by molar-refractivity contribution is 14.1. The van der Waals surface area contributed by atoms with Crippen LogP contribution in [0.5, 0.6) is 0 Å². The largest absolute Gasteiger partial charge is 0.416 e. The maximum atomic E-state index is 13.0. The number of nitrogens with one attached hydrogen (secondary N) is 1. The van der Waals surface area contributed by atoms with Crippen molar-refractivity contribution < 1.29 is 27.6 Å². The molecule has 0 fully saturated rings. The summed E-state index contributed by atoms with van der Waals surface area (Å²) in [4.78, 5) is 24.6. The molecule has 0 radical (unpaired) electrons. The fourth-order valence-corrected chi connectivity index (χ4v) is 3.63. The molecule has 1 amide bonds. The summed E-state index contributed by atoms with van der Waals surface area (Å²) in [5.41, 5.74) is 0.675. The first-order chi connectivity index (χ1) is 16.3. The fraction of sp³-hybridized carbons (Fsp3) is 0.190. The van der Waals surface area contributed by atoms with Gasteiger partial charge in [-0.3, -0.25) is 7.58 Å². The van der Waals surface area contributed by atoms with Gasteiger partial charge in [0.15, 0.2) is 5.82 Å². The number of benzene rings is 1. The van der Waals surface area contributed by atoms with Gasteiger partial charge in [0.1, 0.15) is 23.4 Å².